The Labute approximate surface area is 165 Å². The smallest absolute Gasteiger partial charge is 0.272 e. The molecular weight excluding hydrogens is 352 g/mol. The van der Waals surface area contributed by atoms with Crippen molar-refractivity contribution >= 4 is 16.5 Å². The van der Waals surface area contributed by atoms with E-state index in [2.05, 4.69) is 33.0 Å². The minimum Gasteiger partial charge on any atom is -0.385 e. The predicted molar refractivity (Wildman–Crippen MR) is 115 cm³/mol. The number of rotatable bonds is 11. The Balaban J connectivity index is 1.55. The second kappa shape index (κ2) is 10.6. The number of nitrogens with one attached hydrogen (secondary N) is 3. The first-order valence-electron chi connectivity index (χ1n) is 9.81. The molecule has 3 aromatic rings. The lowest BCUT2D eigenvalue weighted by atomic mass is 10.0. The molecule has 0 aliphatic heterocycles. The van der Waals surface area contributed by atoms with Crippen LogP contribution in [-0.2, 0) is 4.74 Å². The summed E-state index contributed by atoms with van der Waals surface area (Å²) in [5, 5.41) is 15.3. The molecule has 0 unspecified atom stereocenters. The van der Waals surface area contributed by atoms with Crippen LogP contribution in [0.3, 0.4) is 0 Å². The SMILES string of the molecule is COCCNCCCCCNc1cccc(-c2n[nH]c(=O)c3ccccc23)c1. The first kappa shape index (κ1) is 20.0. The fourth-order valence-corrected chi connectivity index (χ4v) is 3.19. The topological polar surface area (TPSA) is 79.0 Å². The minimum absolute atomic E-state index is 0.162. The molecule has 0 aliphatic carbocycles. The molecule has 0 fully saturated rings. The molecule has 0 saturated carbocycles. The molecule has 6 nitrogen and oxygen atoms in total. The van der Waals surface area contributed by atoms with Crippen molar-refractivity contribution in [2.75, 3.05) is 38.7 Å². The zero-order valence-corrected chi connectivity index (χ0v) is 16.3. The normalized spacial score (nSPS) is 11.0. The number of hydrogen-bond acceptors (Lipinski definition) is 5. The summed E-state index contributed by atoms with van der Waals surface area (Å²) in [6.07, 6.45) is 3.47. The minimum atomic E-state index is -0.162. The fraction of sp³-hybridized carbons (Fsp3) is 0.364. The van der Waals surface area contributed by atoms with E-state index in [-0.39, 0.29) is 5.56 Å². The number of hydrogen-bond donors (Lipinski definition) is 3. The third-order valence-corrected chi connectivity index (χ3v) is 4.67. The van der Waals surface area contributed by atoms with E-state index < -0.39 is 0 Å². The van der Waals surface area contributed by atoms with Crippen LogP contribution in [0, 0.1) is 0 Å². The molecule has 3 rings (SSSR count). The molecule has 0 amide bonds. The number of aromatic nitrogens is 2. The highest BCUT2D eigenvalue weighted by atomic mass is 16.5. The van der Waals surface area contributed by atoms with Gasteiger partial charge in [-0.3, -0.25) is 4.79 Å². The zero-order chi connectivity index (χ0) is 19.6. The maximum Gasteiger partial charge on any atom is 0.272 e. The van der Waals surface area contributed by atoms with E-state index in [9.17, 15) is 4.79 Å². The predicted octanol–water partition coefficient (Wildman–Crippen LogP) is 3.41. The van der Waals surface area contributed by atoms with Gasteiger partial charge >= 0.3 is 0 Å². The summed E-state index contributed by atoms with van der Waals surface area (Å²) in [5.74, 6) is 0. The van der Waals surface area contributed by atoms with Gasteiger partial charge in [0.05, 0.1) is 17.7 Å². The van der Waals surface area contributed by atoms with E-state index in [4.69, 9.17) is 4.74 Å². The number of fused-ring (bicyclic) bond motifs is 1. The number of unbranched alkanes of at least 4 members (excludes halogenated alkanes) is 2. The van der Waals surface area contributed by atoms with E-state index in [0.717, 1.165) is 55.0 Å². The van der Waals surface area contributed by atoms with Crippen LogP contribution < -0.4 is 16.2 Å². The summed E-state index contributed by atoms with van der Waals surface area (Å²) in [5.41, 5.74) is 2.68. The van der Waals surface area contributed by atoms with E-state index in [1.807, 2.05) is 36.4 Å². The number of aromatic amines is 1. The maximum absolute atomic E-state index is 12.0. The van der Waals surface area contributed by atoms with E-state index >= 15 is 0 Å². The molecule has 0 saturated heterocycles. The quantitative estimate of drug-likeness (QED) is 0.444. The van der Waals surface area contributed by atoms with Gasteiger partial charge in [-0.25, -0.2) is 5.10 Å². The van der Waals surface area contributed by atoms with Crippen LogP contribution in [0.15, 0.2) is 53.3 Å². The second-order valence-corrected chi connectivity index (χ2v) is 6.76. The van der Waals surface area contributed by atoms with Gasteiger partial charge in [-0.05, 0) is 37.6 Å². The summed E-state index contributed by atoms with van der Waals surface area (Å²) in [7, 11) is 1.72. The van der Waals surface area contributed by atoms with Gasteiger partial charge in [-0.2, -0.15) is 5.10 Å². The lowest BCUT2D eigenvalue weighted by Crippen LogP contribution is -2.20. The molecule has 2 aromatic carbocycles. The van der Waals surface area contributed by atoms with Crippen molar-refractivity contribution in [2.24, 2.45) is 0 Å². The number of ether oxygens (including phenoxy) is 1. The van der Waals surface area contributed by atoms with Crippen LogP contribution in [-0.4, -0.2) is 43.5 Å². The zero-order valence-electron chi connectivity index (χ0n) is 16.3. The molecule has 1 heterocycles. The molecule has 28 heavy (non-hydrogen) atoms. The molecule has 148 valence electrons. The van der Waals surface area contributed by atoms with Crippen LogP contribution in [0.4, 0.5) is 5.69 Å². The fourth-order valence-electron chi connectivity index (χ4n) is 3.19. The van der Waals surface area contributed by atoms with Crippen molar-refractivity contribution in [2.45, 2.75) is 19.3 Å². The monoisotopic (exact) mass is 380 g/mol. The van der Waals surface area contributed by atoms with Gasteiger partial charge in [0.15, 0.2) is 0 Å². The van der Waals surface area contributed by atoms with E-state index in [1.54, 1.807) is 7.11 Å². The van der Waals surface area contributed by atoms with Crippen LogP contribution in [0.2, 0.25) is 0 Å². The summed E-state index contributed by atoms with van der Waals surface area (Å²) in [6, 6.07) is 15.7. The Morgan fingerprint density at radius 1 is 0.964 bits per heavy atom. The van der Waals surface area contributed by atoms with Crippen LogP contribution in [0.5, 0.6) is 0 Å². The molecule has 0 radical (unpaired) electrons. The van der Waals surface area contributed by atoms with Crippen molar-refractivity contribution in [1.82, 2.24) is 15.5 Å². The van der Waals surface area contributed by atoms with E-state index in [1.165, 1.54) is 12.8 Å². The summed E-state index contributed by atoms with van der Waals surface area (Å²) < 4.78 is 5.01. The number of methoxy groups -OCH3 is 1. The van der Waals surface area contributed by atoms with Crippen LogP contribution in [0.25, 0.3) is 22.0 Å². The van der Waals surface area contributed by atoms with Crippen molar-refractivity contribution in [1.29, 1.82) is 0 Å². The van der Waals surface area contributed by atoms with Gasteiger partial charge < -0.3 is 15.4 Å². The molecule has 3 N–H and O–H groups in total. The Hall–Kier alpha value is -2.70. The third-order valence-electron chi connectivity index (χ3n) is 4.67. The molecule has 0 aliphatic rings. The molecular formula is C22H28N4O2. The highest BCUT2D eigenvalue weighted by Gasteiger charge is 2.08. The van der Waals surface area contributed by atoms with Gasteiger partial charge in [-0.15, -0.1) is 0 Å². The third kappa shape index (κ3) is 5.41. The average Bonchev–Trinajstić information content (AvgIpc) is 2.73. The Morgan fingerprint density at radius 2 is 1.79 bits per heavy atom. The highest BCUT2D eigenvalue weighted by molar-refractivity contribution is 5.94. The molecule has 6 heteroatoms. The number of anilines is 1. The van der Waals surface area contributed by atoms with Gasteiger partial charge in [-0.1, -0.05) is 36.8 Å². The standard InChI is InChI=1S/C22H28N4O2/c1-28-15-14-23-12-5-2-6-13-24-18-9-7-8-17(16-18)21-19-10-3-4-11-20(19)22(27)26-25-21/h3-4,7-11,16,23-24H,2,5-6,12-15H2,1H3,(H,26,27). The average molecular weight is 380 g/mol. The molecule has 1 aromatic heterocycles. The van der Waals surface area contributed by atoms with Crippen molar-refractivity contribution in [3.63, 3.8) is 0 Å². The van der Waals surface area contributed by atoms with Gasteiger partial charge in [0.2, 0.25) is 0 Å². The molecule has 0 atom stereocenters. The first-order valence-corrected chi connectivity index (χ1v) is 9.81. The van der Waals surface area contributed by atoms with Crippen LogP contribution >= 0.6 is 0 Å². The Bertz CT molecular complexity index is 939. The summed E-state index contributed by atoms with van der Waals surface area (Å²) in [4.78, 5) is 12.0. The lowest BCUT2D eigenvalue weighted by Gasteiger charge is -2.10. The van der Waals surface area contributed by atoms with Crippen molar-refractivity contribution in [3.05, 3.63) is 58.9 Å². The van der Waals surface area contributed by atoms with Crippen LogP contribution in [0.1, 0.15) is 19.3 Å². The van der Waals surface area contributed by atoms with Crippen molar-refractivity contribution in [3.8, 4) is 11.3 Å². The summed E-state index contributed by atoms with van der Waals surface area (Å²) >= 11 is 0. The summed E-state index contributed by atoms with van der Waals surface area (Å²) in [6.45, 7) is 3.64. The number of nitrogens with zero attached hydrogens (tertiary/aromatic N) is 1. The van der Waals surface area contributed by atoms with Gasteiger partial charge in [0, 0.05) is 36.8 Å². The number of benzene rings is 2. The molecule has 0 spiro atoms. The second-order valence-electron chi connectivity index (χ2n) is 6.76. The largest absolute Gasteiger partial charge is 0.385 e. The van der Waals surface area contributed by atoms with E-state index in [0.29, 0.717) is 5.39 Å². The van der Waals surface area contributed by atoms with Gasteiger partial charge in [0.25, 0.3) is 5.56 Å². The lowest BCUT2D eigenvalue weighted by molar-refractivity contribution is 0.199. The van der Waals surface area contributed by atoms with Gasteiger partial charge in [0.1, 0.15) is 0 Å². The van der Waals surface area contributed by atoms with Crippen molar-refractivity contribution < 1.29 is 4.74 Å². The maximum atomic E-state index is 12.0. The highest BCUT2D eigenvalue weighted by Crippen LogP contribution is 2.26. The Morgan fingerprint density at radius 3 is 2.64 bits per heavy atom. The first-order chi connectivity index (χ1) is 13.8. The molecule has 0 bridgehead atoms. The Kier molecular flexibility index (Phi) is 7.58. The number of H-pyrrole nitrogens is 1.